The largest absolute Gasteiger partial charge is 0.489 e. The van der Waals surface area contributed by atoms with Gasteiger partial charge in [0.1, 0.15) is 12.4 Å². The summed E-state index contributed by atoms with van der Waals surface area (Å²) >= 11 is 0. The highest BCUT2D eigenvalue weighted by atomic mass is 16.5. The van der Waals surface area contributed by atoms with Crippen molar-refractivity contribution in [2.45, 2.75) is 32.3 Å². The van der Waals surface area contributed by atoms with Gasteiger partial charge in [0.2, 0.25) is 0 Å². The number of nitrogens with zero attached hydrogens (tertiary/aromatic N) is 2. The minimum atomic E-state index is -0.279. The van der Waals surface area contributed by atoms with Crippen molar-refractivity contribution in [3.63, 3.8) is 0 Å². The third kappa shape index (κ3) is 4.28. The smallest absolute Gasteiger partial charge is 0.292 e. The zero-order valence-corrected chi connectivity index (χ0v) is 15.5. The zero-order chi connectivity index (χ0) is 19.2. The number of hydrogen-bond donors (Lipinski definition) is 2. The van der Waals surface area contributed by atoms with Gasteiger partial charge in [-0.25, -0.2) is 5.43 Å². The fraction of sp³-hybridized carbons (Fsp3) is 0.227. The molecule has 0 atom stereocenters. The van der Waals surface area contributed by atoms with E-state index in [0.717, 1.165) is 53.8 Å². The molecule has 0 spiro atoms. The molecule has 1 amide bonds. The lowest BCUT2D eigenvalue weighted by Gasteiger charge is -2.10. The van der Waals surface area contributed by atoms with E-state index in [-0.39, 0.29) is 5.91 Å². The van der Waals surface area contributed by atoms with Gasteiger partial charge in [0, 0.05) is 11.3 Å². The van der Waals surface area contributed by atoms with Gasteiger partial charge in [0.05, 0.1) is 6.21 Å². The summed E-state index contributed by atoms with van der Waals surface area (Å²) in [6.07, 6.45) is 5.69. The average Bonchev–Trinajstić information content (AvgIpc) is 3.18. The summed E-state index contributed by atoms with van der Waals surface area (Å²) in [5, 5.41) is 11.2. The van der Waals surface area contributed by atoms with E-state index in [1.54, 1.807) is 6.21 Å². The van der Waals surface area contributed by atoms with Crippen LogP contribution in [-0.4, -0.2) is 22.3 Å². The molecule has 4 rings (SSSR count). The number of rotatable bonds is 6. The summed E-state index contributed by atoms with van der Waals surface area (Å²) in [4.78, 5) is 12.3. The second kappa shape index (κ2) is 8.52. The topological polar surface area (TPSA) is 79.4 Å². The Kier molecular flexibility index (Phi) is 5.47. The van der Waals surface area contributed by atoms with E-state index in [9.17, 15) is 4.79 Å². The molecule has 0 aliphatic heterocycles. The Morgan fingerprint density at radius 1 is 1.11 bits per heavy atom. The molecule has 1 aliphatic carbocycles. The molecule has 0 radical (unpaired) electrons. The van der Waals surface area contributed by atoms with Crippen LogP contribution in [0.3, 0.4) is 0 Å². The Morgan fingerprint density at radius 3 is 2.71 bits per heavy atom. The molecule has 2 N–H and O–H groups in total. The van der Waals surface area contributed by atoms with Gasteiger partial charge < -0.3 is 4.74 Å². The second-order valence-electron chi connectivity index (χ2n) is 6.78. The van der Waals surface area contributed by atoms with Crippen molar-refractivity contribution in [1.29, 1.82) is 0 Å². The van der Waals surface area contributed by atoms with Crippen LogP contribution in [-0.2, 0) is 19.4 Å². The van der Waals surface area contributed by atoms with Crippen LogP contribution in [0.15, 0.2) is 59.7 Å². The van der Waals surface area contributed by atoms with Crippen molar-refractivity contribution in [2.75, 3.05) is 0 Å². The third-order valence-corrected chi connectivity index (χ3v) is 4.78. The maximum Gasteiger partial charge on any atom is 0.292 e. The van der Waals surface area contributed by atoms with E-state index in [1.807, 2.05) is 54.6 Å². The van der Waals surface area contributed by atoms with Gasteiger partial charge in [-0.1, -0.05) is 30.3 Å². The molecule has 3 aromatic rings. The van der Waals surface area contributed by atoms with E-state index < -0.39 is 0 Å². The van der Waals surface area contributed by atoms with Crippen molar-refractivity contribution in [3.8, 4) is 5.75 Å². The van der Waals surface area contributed by atoms with E-state index in [4.69, 9.17) is 4.74 Å². The van der Waals surface area contributed by atoms with Crippen LogP contribution < -0.4 is 10.2 Å². The summed E-state index contributed by atoms with van der Waals surface area (Å²) in [6, 6.07) is 17.6. The van der Waals surface area contributed by atoms with Crippen LogP contribution in [0, 0.1) is 0 Å². The molecule has 0 fully saturated rings. The molecule has 1 aliphatic rings. The monoisotopic (exact) mass is 374 g/mol. The molecule has 0 saturated heterocycles. The molecule has 6 heteroatoms. The Bertz CT molecular complexity index is 962. The second-order valence-corrected chi connectivity index (χ2v) is 6.78. The van der Waals surface area contributed by atoms with E-state index in [1.165, 1.54) is 0 Å². The maximum absolute atomic E-state index is 12.3. The normalized spacial score (nSPS) is 13.3. The highest BCUT2D eigenvalue weighted by Gasteiger charge is 2.21. The third-order valence-electron chi connectivity index (χ3n) is 4.78. The van der Waals surface area contributed by atoms with Crippen LogP contribution in [0.2, 0.25) is 0 Å². The number of nitrogens with one attached hydrogen (secondary N) is 2. The maximum atomic E-state index is 12.3. The highest BCUT2D eigenvalue weighted by molar-refractivity contribution is 5.94. The Labute approximate surface area is 163 Å². The van der Waals surface area contributed by atoms with Gasteiger partial charge in [-0.05, 0) is 61.1 Å². The standard InChI is InChI=1S/C22H22N4O2/c27-22(21-19-8-4-5-9-20(19)24-25-21)26-23-14-16-10-12-18(13-11-16)28-15-17-6-2-1-3-7-17/h1-3,6-7,10-14H,4-5,8-9,15H2,(H,24,25)(H,26,27)/b23-14-. The number of aromatic amines is 1. The summed E-state index contributed by atoms with van der Waals surface area (Å²) in [5.41, 5.74) is 7.11. The first kappa shape index (κ1) is 18.0. The number of carbonyl (C=O) groups excluding carboxylic acids is 1. The van der Waals surface area contributed by atoms with E-state index >= 15 is 0 Å². The van der Waals surface area contributed by atoms with Crippen LogP contribution in [0.1, 0.15) is 45.7 Å². The Morgan fingerprint density at radius 2 is 1.89 bits per heavy atom. The number of aryl methyl sites for hydroxylation is 1. The Balaban J connectivity index is 1.31. The number of fused-ring (bicyclic) bond motifs is 1. The fourth-order valence-electron chi connectivity index (χ4n) is 3.28. The number of ether oxygens (including phenoxy) is 1. The predicted octanol–water partition coefficient (Wildman–Crippen LogP) is 3.63. The molecule has 0 saturated carbocycles. The molecule has 142 valence electrons. The van der Waals surface area contributed by atoms with Crippen molar-refractivity contribution < 1.29 is 9.53 Å². The lowest BCUT2D eigenvalue weighted by Crippen LogP contribution is -2.20. The number of benzene rings is 2. The van der Waals surface area contributed by atoms with Crippen LogP contribution in [0.25, 0.3) is 0 Å². The summed E-state index contributed by atoms with van der Waals surface area (Å²) < 4.78 is 5.77. The van der Waals surface area contributed by atoms with Crippen LogP contribution in [0.5, 0.6) is 5.75 Å². The number of amides is 1. The van der Waals surface area contributed by atoms with Crippen LogP contribution >= 0.6 is 0 Å². The van der Waals surface area contributed by atoms with Gasteiger partial charge in [-0.3, -0.25) is 9.89 Å². The van der Waals surface area contributed by atoms with Crippen molar-refractivity contribution in [2.24, 2.45) is 5.10 Å². The first-order valence-corrected chi connectivity index (χ1v) is 9.46. The Hall–Kier alpha value is -3.41. The van der Waals surface area contributed by atoms with Gasteiger partial charge >= 0.3 is 0 Å². The first-order valence-electron chi connectivity index (χ1n) is 9.46. The number of aromatic nitrogens is 2. The number of hydrazone groups is 1. The zero-order valence-electron chi connectivity index (χ0n) is 15.5. The number of hydrogen-bond acceptors (Lipinski definition) is 4. The van der Waals surface area contributed by atoms with Crippen molar-refractivity contribution >= 4 is 12.1 Å². The summed E-state index contributed by atoms with van der Waals surface area (Å²) in [6.45, 7) is 0.526. The first-order chi connectivity index (χ1) is 13.8. The molecule has 1 heterocycles. The molecular formula is C22H22N4O2. The molecule has 28 heavy (non-hydrogen) atoms. The lowest BCUT2D eigenvalue weighted by molar-refractivity contribution is 0.0949. The molecule has 2 aromatic carbocycles. The van der Waals surface area contributed by atoms with Gasteiger partial charge in [-0.2, -0.15) is 10.2 Å². The van der Waals surface area contributed by atoms with Crippen molar-refractivity contribution in [3.05, 3.63) is 82.7 Å². The van der Waals surface area contributed by atoms with Crippen molar-refractivity contribution in [1.82, 2.24) is 15.6 Å². The minimum Gasteiger partial charge on any atom is -0.489 e. The predicted molar refractivity (Wildman–Crippen MR) is 108 cm³/mol. The SMILES string of the molecule is O=C(N/N=C\c1ccc(OCc2ccccc2)cc1)c1n[nH]c2c1CCCC2. The molecule has 6 nitrogen and oxygen atoms in total. The molecular weight excluding hydrogens is 352 g/mol. The quantitative estimate of drug-likeness (QED) is 0.511. The number of H-pyrrole nitrogens is 1. The molecule has 0 unspecified atom stereocenters. The lowest BCUT2D eigenvalue weighted by atomic mass is 9.96. The minimum absolute atomic E-state index is 0.279. The number of carbonyl (C=O) groups is 1. The summed E-state index contributed by atoms with van der Waals surface area (Å²) in [7, 11) is 0. The van der Waals surface area contributed by atoms with Gasteiger partial charge in [-0.15, -0.1) is 0 Å². The fourth-order valence-corrected chi connectivity index (χ4v) is 3.28. The average molecular weight is 374 g/mol. The molecule has 1 aromatic heterocycles. The summed E-state index contributed by atoms with van der Waals surface area (Å²) in [5.74, 6) is 0.506. The van der Waals surface area contributed by atoms with E-state index in [2.05, 4.69) is 20.7 Å². The highest BCUT2D eigenvalue weighted by Crippen LogP contribution is 2.22. The van der Waals surface area contributed by atoms with Crippen LogP contribution in [0.4, 0.5) is 0 Å². The van der Waals surface area contributed by atoms with Gasteiger partial charge in [0.15, 0.2) is 5.69 Å². The molecule has 0 bridgehead atoms. The van der Waals surface area contributed by atoms with Gasteiger partial charge in [0.25, 0.3) is 5.91 Å². The van der Waals surface area contributed by atoms with E-state index in [0.29, 0.717) is 12.3 Å².